The Morgan fingerprint density at radius 3 is 3.00 bits per heavy atom. The van der Waals surface area contributed by atoms with Crippen molar-refractivity contribution >= 4 is 21.9 Å². The molecule has 0 bridgehead atoms. The quantitative estimate of drug-likeness (QED) is 0.545. The van der Waals surface area contributed by atoms with Gasteiger partial charge in [0.15, 0.2) is 0 Å². The molecule has 0 aliphatic carbocycles. The molecule has 8 nitrogen and oxygen atoms in total. The molecule has 0 spiro atoms. The van der Waals surface area contributed by atoms with Crippen molar-refractivity contribution in [2.45, 2.75) is 36.6 Å². The second-order valence-electron chi connectivity index (χ2n) is 4.82. The Morgan fingerprint density at radius 2 is 2.36 bits per heavy atom. The maximum Gasteiger partial charge on any atom is 0.330 e. The number of alkyl halides is 1. The number of carbonyl (C=O) groups excluding carboxylic acids is 1. The summed E-state index contributed by atoms with van der Waals surface area (Å²) in [7, 11) is 0. The average Bonchev–Trinajstić information content (AvgIpc) is 2.81. The lowest BCUT2D eigenvalue weighted by Gasteiger charge is -2.16. The summed E-state index contributed by atoms with van der Waals surface area (Å²) >= 11 is 3.04. The molecule has 1 aromatic rings. The van der Waals surface area contributed by atoms with Crippen LogP contribution in [0.1, 0.15) is 19.6 Å². The number of ether oxygens (including phenoxy) is 2. The van der Waals surface area contributed by atoms with E-state index >= 15 is 0 Å². The summed E-state index contributed by atoms with van der Waals surface area (Å²) in [6, 6.07) is 0. The number of rotatable bonds is 4. The number of hydrogen-bond donors (Lipinski definition) is 2. The number of nitrogens with zero attached hydrogens (tertiary/aromatic N) is 1. The summed E-state index contributed by atoms with van der Waals surface area (Å²) in [6.45, 7) is 1.38. The first kappa shape index (κ1) is 16.8. The highest BCUT2D eigenvalue weighted by Crippen LogP contribution is 2.27. The van der Waals surface area contributed by atoms with Gasteiger partial charge in [-0.2, -0.15) is 4.39 Å². The fourth-order valence-corrected chi connectivity index (χ4v) is 2.12. The Morgan fingerprint density at radius 1 is 1.68 bits per heavy atom. The van der Waals surface area contributed by atoms with Crippen LogP contribution in [0, 0.1) is 5.82 Å². The first-order valence-electron chi connectivity index (χ1n) is 6.44. The maximum atomic E-state index is 13.3. The lowest BCUT2D eigenvalue weighted by molar-refractivity contribution is -0.149. The van der Waals surface area contributed by atoms with E-state index < -0.39 is 46.3 Å². The van der Waals surface area contributed by atoms with E-state index in [9.17, 15) is 23.9 Å². The van der Waals surface area contributed by atoms with E-state index in [0.717, 1.165) is 4.57 Å². The van der Waals surface area contributed by atoms with Gasteiger partial charge in [0.2, 0.25) is 5.82 Å². The molecule has 2 N–H and O–H groups in total. The average molecular weight is 381 g/mol. The molecular formula is C12H14BrFN2O6. The molecule has 4 atom stereocenters. The molecule has 1 aliphatic heterocycles. The zero-order valence-electron chi connectivity index (χ0n) is 11.5. The molecule has 2 heterocycles. The van der Waals surface area contributed by atoms with Gasteiger partial charge < -0.3 is 14.6 Å². The highest BCUT2D eigenvalue weighted by molar-refractivity contribution is 9.10. The van der Waals surface area contributed by atoms with Crippen molar-refractivity contribution in [3.63, 3.8) is 0 Å². The van der Waals surface area contributed by atoms with Gasteiger partial charge in [-0.15, -0.1) is 0 Å². The molecule has 0 amide bonds. The van der Waals surface area contributed by atoms with Gasteiger partial charge >= 0.3 is 11.7 Å². The normalized spacial score (nSPS) is 25.9. The molecule has 0 saturated carbocycles. The summed E-state index contributed by atoms with van der Waals surface area (Å²) in [5, 5.41) is 9.88. The number of H-pyrrole nitrogens is 1. The van der Waals surface area contributed by atoms with E-state index in [1.807, 2.05) is 0 Å². The molecule has 0 radical (unpaired) electrons. The number of aliphatic hydroxyl groups is 1. The summed E-state index contributed by atoms with van der Waals surface area (Å²) in [5.74, 6) is -1.66. The largest absolute Gasteiger partial charge is 0.462 e. The SMILES string of the molecule is CC(Br)C(=O)OC[C@@H]1O[C@H](n2cc(F)c(=O)[nH]c2=O)CC1O. The molecule has 1 saturated heterocycles. The second-order valence-corrected chi connectivity index (χ2v) is 6.20. The van der Waals surface area contributed by atoms with Crippen LogP contribution in [-0.2, 0) is 14.3 Å². The van der Waals surface area contributed by atoms with Crippen LogP contribution in [0.5, 0.6) is 0 Å². The van der Waals surface area contributed by atoms with Gasteiger partial charge in [-0.3, -0.25) is 19.1 Å². The van der Waals surface area contributed by atoms with E-state index in [1.165, 1.54) is 0 Å². The number of hydrogen-bond acceptors (Lipinski definition) is 6. The molecule has 1 aromatic heterocycles. The van der Waals surface area contributed by atoms with E-state index in [1.54, 1.807) is 11.9 Å². The number of nitrogens with one attached hydrogen (secondary N) is 1. The third kappa shape index (κ3) is 3.62. The second kappa shape index (κ2) is 6.71. The number of aliphatic hydroxyl groups excluding tert-OH is 1. The Bertz CT molecular complexity index is 672. The Balaban J connectivity index is 2.08. The summed E-state index contributed by atoms with van der Waals surface area (Å²) in [5.41, 5.74) is -1.98. The molecule has 1 fully saturated rings. The Labute approximate surface area is 132 Å². The molecule has 2 rings (SSSR count). The van der Waals surface area contributed by atoms with E-state index in [2.05, 4.69) is 15.9 Å². The van der Waals surface area contributed by atoms with Crippen LogP contribution in [0.4, 0.5) is 4.39 Å². The third-order valence-electron chi connectivity index (χ3n) is 3.15. The number of aromatic nitrogens is 2. The summed E-state index contributed by atoms with van der Waals surface area (Å²) < 4.78 is 24.4. The molecule has 1 aliphatic rings. The predicted molar refractivity (Wildman–Crippen MR) is 75.2 cm³/mol. The zero-order valence-corrected chi connectivity index (χ0v) is 13.1. The predicted octanol–water partition coefficient (Wildman–Crippen LogP) is -0.349. The third-order valence-corrected chi connectivity index (χ3v) is 3.53. The number of aromatic amines is 1. The van der Waals surface area contributed by atoms with Crippen LogP contribution in [0.2, 0.25) is 0 Å². The summed E-state index contributed by atoms with van der Waals surface area (Å²) in [6.07, 6.45) is -2.09. The summed E-state index contributed by atoms with van der Waals surface area (Å²) in [4.78, 5) is 35.3. The highest BCUT2D eigenvalue weighted by atomic mass is 79.9. The smallest absolute Gasteiger partial charge is 0.330 e. The maximum absolute atomic E-state index is 13.3. The van der Waals surface area contributed by atoms with Gasteiger partial charge in [-0.1, -0.05) is 15.9 Å². The minimum Gasteiger partial charge on any atom is -0.462 e. The van der Waals surface area contributed by atoms with Crippen molar-refractivity contribution in [2.75, 3.05) is 6.61 Å². The minimum atomic E-state index is -1.14. The molecule has 2 unspecified atom stereocenters. The van der Waals surface area contributed by atoms with Crippen molar-refractivity contribution < 1.29 is 23.8 Å². The first-order valence-corrected chi connectivity index (χ1v) is 7.36. The van der Waals surface area contributed by atoms with Crippen molar-refractivity contribution in [2.24, 2.45) is 0 Å². The molecule has 0 aromatic carbocycles. The van der Waals surface area contributed by atoms with Crippen LogP contribution >= 0.6 is 15.9 Å². The van der Waals surface area contributed by atoms with Gasteiger partial charge in [-0.25, -0.2) is 4.79 Å². The highest BCUT2D eigenvalue weighted by Gasteiger charge is 2.36. The minimum absolute atomic E-state index is 0.00251. The number of halogens is 2. The van der Waals surface area contributed by atoms with Crippen molar-refractivity contribution in [1.82, 2.24) is 9.55 Å². The lowest BCUT2D eigenvalue weighted by atomic mass is 10.2. The van der Waals surface area contributed by atoms with E-state index in [-0.39, 0.29) is 13.0 Å². The van der Waals surface area contributed by atoms with Crippen molar-refractivity contribution in [3.05, 3.63) is 32.9 Å². The van der Waals surface area contributed by atoms with Crippen LogP contribution in [0.15, 0.2) is 15.8 Å². The first-order chi connectivity index (χ1) is 10.3. The standard InChI is InChI=1S/C12H14BrFN2O6/c1-5(13)11(19)21-4-8-7(17)2-9(22-8)16-3-6(14)10(18)15-12(16)20/h3,5,7-9,17H,2,4H2,1H3,(H,15,18,20)/t5?,7?,8-,9-/m0/s1. The van der Waals surface area contributed by atoms with Gasteiger partial charge in [0.25, 0.3) is 5.56 Å². The van der Waals surface area contributed by atoms with Crippen molar-refractivity contribution in [1.29, 1.82) is 0 Å². The lowest BCUT2D eigenvalue weighted by Crippen LogP contribution is -2.34. The Kier molecular flexibility index (Phi) is 5.14. The van der Waals surface area contributed by atoms with E-state index in [0.29, 0.717) is 6.20 Å². The molecular weight excluding hydrogens is 367 g/mol. The van der Waals surface area contributed by atoms with Gasteiger partial charge in [0, 0.05) is 6.42 Å². The van der Waals surface area contributed by atoms with Gasteiger partial charge in [0.05, 0.1) is 12.3 Å². The van der Waals surface area contributed by atoms with Crippen molar-refractivity contribution in [3.8, 4) is 0 Å². The van der Waals surface area contributed by atoms with Crippen LogP contribution in [0.25, 0.3) is 0 Å². The fourth-order valence-electron chi connectivity index (χ4n) is 1.99. The van der Waals surface area contributed by atoms with Crippen LogP contribution in [-0.4, -0.2) is 44.3 Å². The van der Waals surface area contributed by atoms with Crippen LogP contribution in [0.3, 0.4) is 0 Å². The monoisotopic (exact) mass is 380 g/mol. The molecule has 22 heavy (non-hydrogen) atoms. The molecule has 10 heteroatoms. The fraction of sp³-hybridized carbons (Fsp3) is 0.583. The number of esters is 1. The molecule has 122 valence electrons. The van der Waals surface area contributed by atoms with Crippen LogP contribution < -0.4 is 11.2 Å². The van der Waals surface area contributed by atoms with E-state index in [4.69, 9.17) is 9.47 Å². The van der Waals surface area contributed by atoms with Gasteiger partial charge in [-0.05, 0) is 6.92 Å². The van der Waals surface area contributed by atoms with Gasteiger partial charge in [0.1, 0.15) is 23.8 Å². The zero-order chi connectivity index (χ0) is 16.4. The Hall–Kier alpha value is -1.52. The number of carbonyl (C=O) groups is 1. The topological polar surface area (TPSA) is 111 Å².